The fourth-order valence-electron chi connectivity index (χ4n) is 7.12. The van der Waals surface area contributed by atoms with Crippen molar-refractivity contribution < 1.29 is 52.8 Å². The molecule has 3 aliphatic rings. The van der Waals surface area contributed by atoms with Crippen molar-refractivity contribution in [3.63, 3.8) is 0 Å². The molecule has 0 spiro atoms. The van der Waals surface area contributed by atoms with E-state index in [2.05, 4.69) is 21.3 Å². The molecule has 18 heteroatoms. The van der Waals surface area contributed by atoms with Crippen LogP contribution in [-0.4, -0.2) is 141 Å². The highest BCUT2D eigenvalue weighted by Crippen LogP contribution is 2.40. The number of aliphatic hydroxyl groups excluding tert-OH is 1. The number of ether oxygens (including phenoxy) is 4. The molecular formula is C41H66N4O11S3. The van der Waals surface area contributed by atoms with E-state index in [1.54, 1.807) is 38.5 Å². The summed E-state index contributed by atoms with van der Waals surface area (Å²) < 4.78 is 21.8. The Labute approximate surface area is 361 Å². The van der Waals surface area contributed by atoms with Gasteiger partial charge in [-0.25, -0.2) is 4.79 Å². The van der Waals surface area contributed by atoms with Crippen LogP contribution in [0.5, 0.6) is 0 Å². The van der Waals surface area contributed by atoms with E-state index in [1.807, 2.05) is 22.6 Å². The summed E-state index contributed by atoms with van der Waals surface area (Å²) in [6.07, 6.45) is 5.57. The van der Waals surface area contributed by atoms with Crippen molar-refractivity contribution in [1.29, 1.82) is 0 Å². The third-order valence-electron chi connectivity index (χ3n) is 10.2. The molecule has 15 nitrogen and oxygen atoms in total. The number of Topliss-reactive ketones (excluding diaryl/α,β-unsaturated/α-hetero) is 2. The maximum Gasteiger partial charge on any atom is 0.315 e. The molecule has 5 N–H and O–H groups in total. The van der Waals surface area contributed by atoms with E-state index in [9.17, 15) is 28.8 Å². The summed E-state index contributed by atoms with van der Waals surface area (Å²) in [5.74, 6) is 1.42. The predicted octanol–water partition coefficient (Wildman–Crippen LogP) is 4.06. The number of carbonyl (C=O) groups excluding carboxylic acids is 6. The molecule has 2 saturated heterocycles. The van der Waals surface area contributed by atoms with Gasteiger partial charge in [0.15, 0.2) is 11.6 Å². The number of amides is 4. The van der Waals surface area contributed by atoms with E-state index < -0.39 is 11.4 Å². The van der Waals surface area contributed by atoms with Crippen LogP contribution in [0.25, 0.3) is 0 Å². The minimum atomic E-state index is -0.967. The van der Waals surface area contributed by atoms with Crippen LogP contribution in [0, 0.1) is 5.41 Å². The number of nitrogens with one attached hydrogen (secondary N) is 4. The highest BCUT2D eigenvalue weighted by atomic mass is 33.1. The van der Waals surface area contributed by atoms with Crippen LogP contribution >= 0.6 is 33.3 Å². The first-order valence-electron chi connectivity index (χ1n) is 20.8. The summed E-state index contributed by atoms with van der Waals surface area (Å²) in [5.41, 5.74) is 0.176. The van der Waals surface area contributed by atoms with E-state index >= 15 is 0 Å². The van der Waals surface area contributed by atoms with Crippen molar-refractivity contribution >= 4 is 68.7 Å². The van der Waals surface area contributed by atoms with E-state index in [0.717, 1.165) is 49.4 Å². The summed E-state index contributed by atoms with van der Waals surface area (Å²) >= 11 is 1.86. The van der Waals surface area contributed by atoms with Gasteiger partial charge in [0.25, 0.3) is 0 Å². The molecule has 1 aliphatic carbocycles. The first kappa shape index (κ1) is 50.7. The Morgan fingerprint density at radius 3 is 2.27 bits per heavy atom. The van der Waals surface area contributed by atoms with Gasteiger partial charge in [-0.05, 0) is 52.4 Å². The smallest absolute Gasteiger partial charge is 0.315 e. The first-order valence-corrected chi connectivity index (χ1v) is 24.4. The van der Waals surface area contributed by atoms with Gasteiger partial charge in [-0.1, -0.05) is 41.9 Å². The molecule has 0 saturated carbocycles. The van der Waals surface area contributed by atoms with Gasteiger partial charge in [0, 0.05) is 82.8 Å². The molecule has 0 radical (unpaired) electrons. The second-order valence-corrected chi connectivity index (χ2v) is 19.4. The van der Waals surface area contributed by atoms with Crippen LogP contribution in [-0.2, 0) is 42.9 Å². The van der Waals surface area contributed by atoms with Gasteiger partial charge in [0.2, 0.25) is 11.8 Å². The van der Waals surface area contributed by atoms with E-state index in [1.165, 1.54) is 0 Å². The number of fused-ring (bicyclic) bond motifs is 1. The van der Waals surface area contributed by atoms with Gasteiger partial charge in [-0.2, -0.15) is 11.8 Å². The monoisotopic (exact) mass is 886 g/mol. The molecular weight excluding hydrogens is 821 g/mol. The molecule has 0 aromatic carbocycles. The number of aliphatic hydroxyl groups is 1. The third kappa shape index (κ3) is 18.5. The third-order valence-corrected chi connectivity index (χ3v) is 14.2. The largest absolute Gasteiger partial charge is 0.466 e. The summed E-state index contributed by atoms with van der Waals surface area (Å²) in [6.45, 7) is 10.4. The SMILES string of the molecule is CC1=C(CCC(=O)NCCOCCOCCSSCCCCOCCO)C(=O)C(C)=C(C(C)(C)CC(=O)OCCCNC(=O)CCCCC2SCC3NC(=O)NC32)C1=O. The quantitative estimate of drug-likeness (QED) is 0.0213. The van der Waals surface area contributed by atoms with Crippen molar-refractivity contribution in [2.45, 2.75) is 109 Å². The van der Waals surface area contributed by atoms with Gasteiger partial charge in [0.05, 0.1) is 64.8 Å². The predicted molar refractivity (Wildman–Crippen MR) is 232 cm³/mol. The number of unbranched alkanes of at least 4 members (excludes halogenated alkanes) is 2. The number of hydrogen-bond acceptors (Lipinski definition) is 14. The van der Waals surface area contributed by atoms with Gasteiger partial charge in [0.1, 0.15) is 0 Å². The average molecular weight is 887 g/mol. The molecule has 2 heterocycles. The number of rotatable bonds is 32. The molecule has 2 fully saturated rings. The molecule has 59 heavy (non-hydrogen) atoms. The summed E-state index contributed by atoms with van der Waals surface area (Å²) in [6, 6.07) is 0.262. The maximum absolute atomic E-state index is 13.6. The lowest BCUT2D eigenvalue weighted by Crippen LogP contribution is -2.36. The fourth-order valence-corrected chi connectivity index (χ4v) is 10.7. The Hall–Kier alpha value is -2.61. The lowest BCUT2D eigenvalue weighted by atomic mass is 9.70. The zero-order chi connectivity index (χ0) is 43.0. The second-order valence-electron chi connectivity index (χ2n) is 15.4. The van der Waals surface area contributed by atoms with Gasteiger partial charge >= 0.3 is 12.0 Å². The molecule has 0 aromatic rings. The van der Waals surface area contributed by atoms with Crippen LogP contribution in [0.1, 0.15) is 91.9 Å². The van der Waals surface area contributed by atoms with Gasteiger partial charge in [-0.15, -0.1) is 0 Å². The number of hydrogen-bond donors (Lipinski definition) is 5. The highest BCUT2D eigenvalue weighted by Gasteiger charge is 2.43. The van der Waals surface area contributed by atoms with Crippen molar-refractivity contribution in [2.24, 2.45) is 5.41 Å². The van der Waals surface area contributed by atoms with E-state index in [-0.39, 0.29) is 90.7 Å². The first-order chi connectivity index (χ1) is 28.4. The van der Waals surface area contributed by atoms with Crippen LogP contribution < -0.4 is 21.3 Å². The van der Waals surface area contributed by atoms with Crippen molar-refractivity contribution in [3.05, 3.63) is 22.3 Å². The Morgan fingerprint density at radius 2 is 1.49 bits per heavy atom. The number of thioether (sulfide) groups is 1. The summed E-state index contributed by atoms with van der Waals surface area (Å²) in [5, 5.41) is 20.6. The zero-order valence-electron chi connectivity index (χ0n) is 35.2. The Kier molecular flexibility index (Phi) is 24.2. The van der Waals surface area contributed by atoms with Crippen LogP contribution in [0.3, 0.4) is 0 Å². The molecule has 2 aliphatic heterocycles. The second kappa shape index (κ2) is 28.1. The van der Waals surface area contributed by atoms with Crippen LogP contribution in [0.15, 0.2) is 22.3 Å². The number of carbonyl (C=O) groups is 6. The van der Waals surface area contributed by atoms with Crippen molar-refractivity contribution in [3.8, 4) is 0 Å². The molecule has 0 bridgehead atoms. The lowest BCUT2D eigenvalue weighted by molar-refractivity contribution is -0.145. The summed E-state index contributed by atoms with van der Waals surface area (Å²) in [4.78, 5) is 76.2. The lowest BCUT2D eigenvalue weighted by Gasteiger charge is -2.31. The minimum Gasteiger partial charge on any atom is -0.466 e. The number of urea groups is 1. The van der Waals surface area contributed by atoms with Crippen molar-refractivity contribution in [1.82, 2.24) is 21.3 Å². The summed E-state index contributed by atoms with van der Waals surface area (Å²) in [7, 11) is 3.58. The zero-order valence-corrected chi connectivity index (χ0v) is 37.7. The topological polar surface area (TPSA) is 208 Å². The minimum absolute atomic E-state index is 0.0429. The van der Waals surface area contributed by atoms with Crippen molar-refractivity contribution in [2.75, 3.05) is 83.2 Å². The molecule has 3 unspecified atom stereocenters. The normalized spacial score (nSPS) is 19.2. The molecule has 4 amide bonds. The molecule has 334 valence electrons. The van der Waals surface area contributed by atoms with Gasteiger partial charge in [-0.3, -0.25) is 24.0 Å². The van der Waals surface area contributed by atoms with Crippen LogP contribution in [0.4, 0.5) is 4.79 Å². The number of allylic oxidation sites excluding steroid dienone is 4. The molecule has 3 rings (SSSR count). The van der Waals surface area contributed by atoms with Crippen LogP contribution in [0.2, 0.25) is 0 Å². The molecule has 0 aromatic heterocycles. The standard InChI is InChI=1S/C41H66N4O11S3/c1-28-30(12-13-34(48)43-15-19-54-21-22-55-23-25-59-58-24-8-7-17-53-20-16-46)38(50)29(2)36(39(28)51)41(3,4)26-35(49)56-18-9-14-42-33(47)11-6-5-10-32-37-31(27-57-32)44-40(52)45-37/h31-32,37,46H,5-27H2,1-4H3,(H,42,47)(H,43,48)(H2,44,45,52). The Morgan fingerprint density at radius 1 is 0.780 bits per heavy atom. The van der Waals surface area contributed by atoms with E-state index in [4.69, 9.17) is 24.1 Å². The number of esters is 1. The maximum atomic E-state index is 13.6. The molecule has 3 atom stereocenters. The highest BCUT2D eigenvalue weighted by molar-refractivity contribution is 8.76. The fraction of sp³-hybridized carbons (Fsp3) is 0.756. The Bertz CT molecular complexity index is 1480. The van der Waals surface area contributed by atoms with E-state index in [0.29, 0.717) is 76.4 Å². The van der Waals surface area contributed by atoms with Gasteiger partial charge < -0.3 is 45.3 Å². The number of ketones is 2. The average Bonchev–Trinajstić information content (AvgIpc) is 3.75. The Balaban J connectivity index is 1.22.